The molecule has 0 amide bonds. The zero-order chi connectivity index (χ0) is 14.4. The van der Waals surface area contributed by atoms with Crippen molar-refractivity contribution < 1.29 is 14.6 Å². The third-order valence-electron chi connectivity index (χ3n) is 2.94. The number of hydrogen-bond donors (Lipinski definition) is 3. The first kappa shape index (κ1) is 15.5. The molecule has 0 aliphatic rings. The van der Waals surface area contributed by atoms with Gasteiger partial charge in [-0.05, 0) is 31.0 Å². The fraction of sp³-hybridized carbons (Fsp3) is 0.500. The summed E-state index contributed by atoms with van der Waals surface area (Å²) in [5.74, 6) is -0.0322. The van der Waals surface area contributed by atoms with Crippen LogP contribution in [0.5, 0.6) is 5.75 Å². The SMILES string of the molecule is COc1cc(C)cc(C)c1CNCC(N)CC(=O)O. The van der Waals surface area contributed by atoms with E-state index in [0.29, 0.717) is 13.1 Å². The van der Waals surface area contributed by atoms with Crippen LogP contribution in [0.15, 0.2) is 12.1 Å². The average Bonchev–Trinajstić information content (AvgIpc) is 2.30. The molecule has 1 aromatic carbocycles. The molecule has 0 saturated carbocycles. The van der Waals surface area contributed by atoms with Crippen LogP contribution in [-0.4, -0.2) is 30.8 Å². The summed E-state index contributed by atoms with van der Waals surface area (Å²) in [5, 5.41) is 11.8. The third-order valence-corrected chi connectivity index (χ3v) is 2.94. The molecule has 0 radical (unpaired) electrons. The van der Waals surface area contributed by atoms with E-state index in [4.69, 9.17) is 15.6 Å². The van der Waals surface area contributed by atoms with Crippen LogP contribution in [0, 0.1) is 13.8 Å². The lowest BCUT2D eigenvalue weighted by Gasteiger charge is -2.15. The number of carboxylic acids is 1. The summed E-state index contributed by atoms with van der Waals surface area (Å²) in [6.45, 7) is 5.13. The minimum absolute atomic E-state index is 0.0307. The molecular weight excluding hydrogens is 244 g/mol. The second-order valence-corrected chi connectivity index (χ2v) is 4.75. The lowest BCUT2D eigenvalue weighted by Crippen LogP contribution is -2.35. The molecule has 1 atom stereocenters. The number of nitrogens with one attached hydrogen (secondary N) is 1. The minimum atomic E-state index is -0.876. The zero-order valence-corrected chi connectivity index (χ0v) is 11.7. The van der Waals surface area contributed by atoms with Gasteiger partial charge in [0, 0.05) is 24.7 Å². The first-order valence-electron chi connectivity index (χ1n) is 6.26. The van der Waals surface area contributed by atoms with Crippen molar-refractivity contribution in [2.24, 2.45) is 5.73 Å². The van der Waals surface area contributed by atoms with Crippen LogP contribution < -0.4 is 15.8 Å². The van der Waals surface area contributed by atoms with Gasteiger partial charge in [0.1, 0.15) is 5.75 Å². The van der Waals surface area contributed by atoms with E-state index in [1.165, 1.54) is 0 Å². The molecule has 5 heteroatoms. The highest BCUT2D eigenvalue weighted by atomic mass is 16.5. The first-order valence-corrected chi connectivity index (χ1v) is 6.26. The summed E-state index contributed by atoms with van der Waals surface area (Å²) in [5.41, 5.74) is 9.08. The van der Waals surface area contributed by atoms with Crippen molar-refractivity contribution in [2.45, 2.75) is 32.9 Å². The van der Waals surface area contributed by atoms with Gasteiger partial charge >= 0.3 is 5.97 Å². The van der Waals surface area contributed by atoms with Crippen LogP contribution >= 0.6 is 0 Å². The molecule has 106 valence electrons. The molecule has 4 N–H and O–H groups in total. The van der Waals surface area contributed by atoms with Crippen LogP contribution in [0.3, 0.4) is 0 Å². The molecule has 0 fully saturated rings. The van der Waals surface area contributed by atoms with Gasteiger partial charge in [0.05, 0.1) is 13.5 Å². The smallest absolute Gasteiger partial charge is 0.304 e. The van der Waals surface area contributed by atoms with E-state index in [1.54, 1.807) is 7.11 Å². The number of methoxy groups -OCH3 is 1. The molecule has 5 nitrogen and oxygen atoms in total. The summed E-state index contributed by atoms with van der Waals surface area (Å²) in [6, 6.07) is 3.70. The molecule has 0 aromatic heterocycles. The summed E-state index contributed by atoms with van der Waals surface area (Å²) < 4.78 is 5.36. The monoisotopic (exact) mass is 266 g/mol. The van der Waals surface area contributed by atoms with Crippen LogP contribution in [-0.2, 0) is 11.3 Å². The lowest BCUT2D eigenvalue weighted by molar-refractivity contribution is -0.137. The summed E-state index contributed by atoms with van der Waals surface area (Å²) >= 11 is 0. The second kappa shape index (κ2) is 7.11. The quantitative estimate of drug-likeness (QED) is 0.690. The minimum Gasteiger partial charge on any atom is -0.496 e. The Labute approximate surface area is 113 Å². The highest BCUT2D eigenvalue weighted by Gasteiger charge is 2.10. The highest BCUT2D eigenvalue weighted by molar-refractivity contribution is 5.67. The molecule has 0 heterocycles. The predicted octanol–water partition coefficient (Wildman–Crippen LogP) is 1.20. The molecule has 1 rings (SSSR count). The number of rotatable bonds is 7. The standard InChI is InChI=1S/C14H22N2O3/c1-9-4-10(2)12(13(5-9)19-3)8-16-7-11(15)6-14(17)18/h4-5,11,16H,6-8,15H2,1-3H3,(H,17,18). The number of carboxylic acid groups (broad SMARTS) is 1. The lowest BCUT2D eigenvalue weighted by atomic mass is 10.0. The number of aryl methyl sites for hydroxylation is 2. The van der Waals surface area contributed by atoms with E-state index >= 15 is 0 Å². The van der Waals surface area contributed by atoms with Crippen LogP contribution in [0.1, 0.15) is 23.1 Å². The molecule has 1 unspecified atom stereocenters. The molecule has 19 heavy (non-hydrogen) atoms. The van der Waals surface area contributed by atoms with Crippen molar-refractivity contribution in [3.63, 3.8) is 0 Å². The summed E-state index contributed by atoms with van der Waals surface area (Å²) in [4.78, 5) is 10.5. The molecule has 0 aliphatic carbocycles. The summed E-state index contributed by atoms with van der Waals surface area (Å²) in [7, 11) is 1.65. The molecule has 0 spiro atoms. The van der Waals surface area contributed by atoms with Crippen molar-refractivity contribution in [2.75, 3.05) is 13.7 Å². The van der Waals surface area contributed by atoms with Gasteiger partial charge in [0.25, 0.3) is 0 Å². The largest absolute Gasteiger partial charge is 0.496 e. The third kappa shape index (κ3) is 4.89. The van der Waals surface area contributed by atoms with E-state index in [0.717, 1.165) is 22.4 Å². The van der Waals surface area contributed by atoms with E-state index in [-0.39, 0.29) is 12.5 Å². The Morgan fingerprint density at radius 1 is 1.47 bits per heavy atom. The van der Waals surface area contributed by atoms with E-state index in [2.05, 4.69) is 11.4 Å². The maximum atomic E-state index is 10.5. The van der Waals surface area contributed by atoms with Crippen LogP contribution in [0.4, 0.5) is 0 Å². The molecule has 0 aliphatic heterocycles. The van der Waals surface area contributed by atoms with Crippen molar-refractivity contribution >= 4 is 5.97 Å². The fourth-order valence-corrected chi connectivity index (χ4v) is 2.05. The average molecular weight is 266 g/mol. The normalized spacial score (nSPS) is 12.2. The van der Waals surface area contributed by atoms with E-state index in [1.807, 2.05) is 19.9 Å². The van der Waals surface area contributed by atoms with Gasteiger partial charge in [-0.1, -0.05) is 6.07 Å². The van der Waals surface area contributed by atoms with Crippen LogP contribution in [0.25, 0.3) is 0 Å². The number of ether oxygens (including phenoxy) is 1. The van der Waals surface area contributed by atoms with Crippen molar-refractivity contribution in [3.05, 3.63) is 28.8 Å². The van der Waals surface area contributed by atoms with Gasteiger partial charge in [-0.15, -0.1) is 0 Å². The van der Waals surface area contributed by atoms with E-state index in [9.17, 15) is 4.79 Å². The fourth-order valence-electron chi connectivity index (χ4n) is 2.05. The van der Waals surface area contributed by atoms with Gasteiger partial charge in [-0.25, -0.2) is 0 Å². The molecule has 1 aromatic rings. The number of nitrogens with two attached hydrogens (primary N) is 1. The van der Waals surface area contributed by atoms with Crippen molar-refractivity contribution in [1.29, 1.82) is 0 Å². The number of hydrogen-bond acceptors (Lipinski definition) is 4. The van der Waals surface area contributed by atoms with Crippen molar-refractivity contribution in [1.82, 2.24) is 5.32 Å². The van der Waals surface area contributed by atoms with Gasteiger partial charge in [-0.3, -0.25) is 4.79 Å². The molecule has 0 bridgehead atoms. The Morgan fingerprint density at radius 2 is 2.16 bits per heavy atom. The highest BCUT2D eigenvalue weighted by Crippen LogP contribution is 2.23. The maximum Gasteiger partial charge on any atom is 0.304 e. The first-order chi connectivity index (χ1) is 8.93. The Bertz CT molecular complexity index is 447. The molecule has 0 saturated heterocycles. The number of aliphatic carboxylic acids is 1. The second-order valence-electron chi connectivity index (χ2n) is 4.75. The van der Waals surface area contributed by atoms with Gasteiger partial charge in [0.15, 0.2) is 0 Å². The van der Waals surface area contributed by atoms with Crippen molar-refractivity contribution in [3.8, 4) is 5.75 Å². The Hall–Kier alpha value is -1.59. The Morgan fingerprint density at radius 3 is 2.74 bits per heavy atom. The molecular formula is C14H22N2O3. The Kier molecular flexibility index (Phi) is 5.79. The summed E-state index contributed by atoms with van der Waals surface area (Å²) in [6.07, 6.45) is -0.0307. The van der Waals surface area contributed by atoms with Crippen LogP contribution in [0.2, 0.25) is 0 Å². The Balaban J connectivity index is 2.60. The topological polar surface area (TPSA) is 84.6 Å². The van der Waals surface area contributed by atoms with Gasteiger partial charge in [0.2, 0.25) is 0 Å². The van der Waals surface area contributed by atoms with Gasteiger partial charge < -0.3 is 20.9 Å². The zero-order valence-electron chi connectivity index (χ0n) is 11.7. The predicted molar refractivity (Wildman–Crippen MR) is 74.4 cm³/mol. The maximum absolute atomic E-state index is 10.5. The van der Waals surface area contributed by atoms with Gasteiger partial charge in [-0.2, -0.15) is 0 Å². The number of carbonyl (C=O) groups is 1. The van der Waals surface area contributed by atoms with E-state index < -0.39 is 5.97 Å². The number of benzene rings is 1.